The van der Waals surface area contributed by atoms with Crippen LogP contribution in [0.4, 0.5) is 0 Å². The maximum absolute atomic E-state index is 11.6. The molecule has 0 radical (unpaired) electrons. The van der Waals surface area contributed by atoms with E-state index in [9.17, 15) is 14.7 Å². The Morgan fingerprint density at radius 2 is 2.00 bits per heavy atom. The third-order valence-corrected chi connectivity index (χ3v) is 3.35. The molecule has 0 saturated carbocycles. The number of aryl methyl sites for hydroxylation is 2. The Balaban J connectivity index is 1.71. The van der Waals surface area contributed by atoms with Crippen molar-refractivity contribution in [1.29, 1.82) is 0 Å². The van der Waals surface area contributed by atoms with Crippen molar-refractivity contribution in [1.82, 2.24) is 10.6 Å². The van der Waals surface area contributed by atoms with Crippen LogP contribution in [-0.4, -0.2) is 23.5 Å². The van der Waals surface area contributed by atoms with E-state index in [0.717, 1.165) is 5.76 Å². The minimum absolute atomic E-state index is 0.148. The third kappa shape index (κ3) is 4.72. The lowest BCUT2D eigenvalue weighted by Crippen LogP contribution is -2.40. The predicted octanol–water partition coefficient (Wildman–Crippen LogP) is 1.35. The van der Waals surface area contributed by atoms with Crippen LogP contribution in [-0.2, 0) is 16.1 Å². The lowest BCUT2D eigenvalue weighted by Gasteiger charge is -2.10. The highest BCUT2D eigenvalue weighted by Crippen LogP contribution is 2.23. The molecule has 0 unspecified atom stereocenters. The van der Waals surface area contributed by atoms with Gasteiger partial charge in [-0.2, -0.15) is 0 Å². The summed E-state index contributed by atoms with van der Waals surface area (Å²) in [4.78, 5) is 23.2. The first-order valence-electron chi connectivity index (χ1n) is 7.30. The lowest BCUT2D eigenvalue weighted by molar-refractivity contribution is -0.139. The molecule has 7 heteroatoms. The van der Waals surface area contributed by atoms with Gasteiger partial charge in [-0.15, -0.1) is 0 Å². The van der Waals surface area contributed by atoms with Gasteiger partial charge < -0.3 is 24.6 Å². The lowest BCUT2D eigenvalue weighted by atomic mass is 10.1. The average molecular weight is 320 g/mol. The van der Waals surface area contributed by atoms with Crippen LogP contribution in [0.25, 0.3) is 0 Å². The Bertz CT molecular complexity index is 660. The van der Waals surface area contributed by atoms with Crippen molar-refractivity contribution in [3.63, 3.8) is 0 Å². The van der Waals surface area contributed by atoms with Gasteiger partial charge >= 0.3 is 11.8 Å². The van der Waals surface area contributed by atoms with E-state index in [2.05, 4.69) is 10.6 Å². The van der Waals surface area contributed by atoms with Gasteiger partial charge in [0.05, 0.1) is 18.9 Å². The van der Waals surface area contributed by atoms with Gasteiger partial charge in [0, 0.05) is 12.1 Å². The fourth-order valence-corrected chi connectivity index (χ4v) is 2.20. The minimum Gasteiger partial charge on any atom is -0.467 e. The molecule has 0 saturated heterocycles. The molecule has 0 aliphatic rings. The SMILES string of the molecule is Cc1cc([C@H](O)CCNC(=O)C(=O)NCc2ccco2)c(C)o1. The van der Waals surface area contributed by atoms with Crippen LogP contribution in [0.5, 0.6) is 0 Å². The second kappa shape index (κ2) is 7.64. The number of nitrogens with one attached hydrogen (secondary N) is 2. The smallest absolute Gasteiger partial charge is 0.309 e. The average Bonchev–Trinajstić information content (AvgIpc) is 3.13. The van der Waals surface area contributed by atoms with Crippen LogP contribution < -0.4 is 10.6 Å². The zero-order chi connectivity index (χ0) is 16.8. The quantitative estimate of drug-likeness (QED) is 0.697. The Kier molecular flexibility index (Phi) is 5.59. The van der Waals surface area contributed by atoms with E-state index in [1.54, 1.807) is 32.0 Å². The van der Waals surface area contributed by atoms with Crippen molar-refractivity contribution in [3.8, 4) is 0 Å². The largest absolute Gasteiger partial charge is 0.467 e. The summed E-state index contributed by atoms with van der Waals surface area (Å²) in [5.74, 6) is 0.442. The first kappa shape index (κ1) is 16.8. The van der Waals surface area contributed by atoms with Crippen molar-refractivity contribution < 1.29 is 23.5 Å². The van der Waals surface area contributed by atoms with Gasteiger partial charge in [-0.3, -0.25) is 9.59 Å². The maximum atomic E-state index is 11.6. The van der Waals surface area contributed by atoms with Gasteiger partial charge in [0.2, 0.25) is 0 Å². The Morgan fingerprint density at radius 1 is 1.26 bits per heavy atom. The summed E-state index contributed by atoms with van der Waals surface area (Å²) in [6.07, 6.45) is 1.03. The van der Waals surface area contributed by atoms with Crippen molar-refractivity contribution in [3.05, 3.63) is 47.3 Å². The summed E-state index contributed by atoms with van der Waals surface area (Å²) in [6.45, 7) is 3.90. The monoisotopic (exact) mass is 320 g/mol. The maximum Gasteiger partial charge on any atom is 0.309 e. The van der Waals surface area contributed by atoms with Crippen LogP contribution in [0.2, 0.25) is 0 Å². The van der Waals surface area contributed by atoms with Crippen molar-refractivity contribution >= 4 is 11.8 Å². The van der Waals surface area contributed by atoms with Gasteiger partial charge in [0.15, 0.2) is 0 Å². The molecule has 3 N–H and O–H groups in total. The molecule has 0 aliphatic heterocycles. The summed E-state index contributed by atoms with van der Waals surface area (Å²) in [6, 6.07) is 5.16. The fraction of sp³-hybridized carbons (Fsp3) is 0.375. The Labute approximate surface area is 133 Å². The molecule has 124 valence electrons. The fourth-order valence-electron chi connectivity index (χ4n) is 2.20. The number of hydrogen-bond donors (Lipinski definition) is 3. The summed E-state index contributed by atoms with van der Waals surface area (Å²) in [5.41, 5.74) is 0.694. The van der Waals surface area contributed by atoms with Crippen LogP contribution in [0.3, 0.4) is 0 Å². The first-order chi connectivity index (χ1) is 11.0. The van der Waals surface area contributed by atoms with Crippen molar-refractivity contribution in [2.45, 2.75) is 32.9 Å². The van der Waals surface area contributed by atoms with E-state index in [0.29, 0.717) is 17.1 Å². The highest BCUT2D eigenvalue weighted by molar-refractivity contribution is 6.35. The van der Waals surface area contributed by atoms with Crippen LogP contribution in [0.15, 0.2) is 33.3 Å². The Hall–Kier alpha value is -2.54. The number of carbonyl (C=O) groups excluding carboxylic acids is 2. The Morgan fingerprint density at radius 3 is 2.61 bits per heavy atom. The van der Waals surface area contributed by atoms with E-state index in [1.807, 2.05) is 0 Å². The molecule has 0 bridgehead atoms. The molecule has 0 fully saturated rings. The number of furan rings is 2. The molecule has 0 spiro atoms. The molecular weight excluding hydrogens is 300 g/mol. The zero-order valence-corrected chi connectivity index (χ0v) is 13.1. The third-order valence-electron chi connectivity index (χ3n) is 3.35. The van der Waals surface area contributed by atoms with Crippen LogP contribution in [0, 0.1) is 13.8 Å². The molecule has 7 nitrogen and oxygen atoms in total. The molecule has 23 heavy (non-hydrogen) atoms. The van der Waals surface area contributed by atoms with Crippen molar-refractivity contribution in [2.24, 2.45) is 0 Å². The number of aliphatic hydroxyl groups is 1. The second-order valence-electron chi connectivity index (χ2n) is 5.19. The summed E-state index contributed by atoms with van der Waals surface area (Å²) in [5, 5.41) is 15.0. The molecule has 2 amide bonds. The summed E-state index contributed by atoms with van der Waals surface area (Å²) < 4.78 is 10.4. The molecule has 1 atom stereocenters. The highest BCUT2D eigenvalue weighted by atomic mass is 16.3. The number of aliphatic hydroxyl groups excluding tert-OH is 1. The number of carbonyl (C=O) groups is 2. The number of amides is 2. The minimum atomic E-state index is -0.751. The van der Waals surface area contributed by atoms with Gasteiger partial charge in [-0.05, 0) is 38.5 Å². The van der Waals surface area contributed by atoms with E-state index < -0.39 is 17.9 Å². The predicted molar refractivity (Wildman–Crippen MR) is 81.3 cm³/mol. The van der Waals surface area contributed by atoms with Crippen LogP contribution in [0.1, 0.15) is 35.4 Å². The second-order valence-corrected chi connectivity index (χ2v) is 5.19. The molecule has 2 rings (SSSR count). The molecule has 2 aromatic heterocycles. The van der Waals surface area contributed by atoms with E-state index in [1.165, 1.54) is 6.26 Å². The molecule has 0 aromatic carbocycles. The highest BCUT2D eigenvalue weighted by Gasteiger charge is 2.17. The van der Waals surface area contributed by atoms with Gasteiger partial charge in [-0.25, -0.2) is 0 Å². The number of hydrogen-bond acceptors (Lipinski definition) is 5. The summed E-state index contributed by atoms with van der Waals surface area (Å²) >= 11 is 0. The molecule has 2 heterocycles. The van der Waals surface area contributed by atoms with Crippen LogP contribution >= 0.6 is 0 Å². The van der Waals surface area contributed by atoms with Gasteiger partial charge in [-0.1, -0.05) is 0 Å². The van der Waals surface area contributed by atoms with E-state index >= 15 is 0 Å². The van der Waals surface area contributed by atoms with E-state index in [4.69, 9.17) is 8.83 Å². The standard InChI is InChI=1S/C16H20N2O5/c1-10-8-13(11(2)23-10)14(19)5-6-17-15(20)16(21)18-9-12-4-3-7-22-12/h3-4,7-8,14,19H,5-6,9H2,1-2H3,(H,17,20)(H,18,21)/t14-/m1/s1. The van der Waals surface area contributed by atoms with Gasteiger partial charge in [0.25, 0.3) is 0 Å². The van der Waals surface area contributed by atoms with Gasteiger partial charge in [0.1, 0.15) is 17.3 Å². The molecule has 2 aromatic rings. The summed E-state index contributed by atoms with van der Waals surface area (Å²) in [7, 11) is 0. The molecular formula is C16H20N2O5. The zero-order valence-electron chi connectivity index (χ0n) is 13.1. The number of rotatable bonds is 6. The normalized spacial score (nSPS) is 12.0. The van der Waals surface area contributed by atoms with Crippen molar-refractivity contribution in [2.75, 3.05) is 6.54 Å². The first-order valence-corrected chi connectivity index (χ1v) is 7.30. The molecule has 0 aliphatic carbocycles. The van der Waals surface area contributed by atoms with E-state index in [-0.39, 0.29) is 19.5 Å². The topological polar surface area (TPSA) is 105 Å².